The van der Waals surface area contributed by atoms with Gasteiger partial charge in [0.1, 0.15) is 12.2 Å². The minimum Gasteiger partial charge on any atom is -0.390 e. The van der Waals surface area contributed by atoms with E-state index in [1.165, 1.54) is 0 Å². The summed E-state index contributed by atoms with van der Waals surface area (Å²) in [6, 6.07) is -1.72. The van der Waals surface area contributed by atoms with Gasteiger partial charge in [0.15, 0.2) is 6.29 Å². The second-order valence-electron chi connectivity index (χ2n) is 5.89. The third kappa shape index (κ3) is 3.52. The van der Waals surface area contributed by atoms with Crippen LogP contribution >= 0.6 is 0 Å². The topological polar surface area (TPSA) is 183 Å². The van der Waals surface area contributed by atoms with Crippen molar-refractivity contribution in [2.24, 2.45) is 22.9 Å². The molecule has 0 aromatic carbocycles. The highest BCUT2D eigenvalue weighted by atomic mass is 16.7. The van der Waals surface area contributed by atoms with Crippen molar-refractivity contribution in [1.29, 1.82) is 0 Å². The zero-order chi connectivity index (χ0) is 15.7. The number of aliphatic hydroxyl groups excluding tert-OH is 3. The maximum atomic E-state index is 10.1. The predicted molar refractivity (Wildman–Crippen MR) is 73.8 cm³/mol. The molecule has 1 saturated heterocycles. The minimum atomic E-state index is -1.22. The molecule has 9 nitrogen and oxygen atoms in total. The van der Waals surface area contributed by atoms with Crippen LogP contribution in [-0.4, -0.2) is 76.8 Å². The van der Waals surface area contributed by atoms with E-state index in [0.717, 1.165) is 0 Å². The largest absolute Gasteiger partial charge is 0.390 e. The lowest BCUT2D eigenvalue weighted by molar-refractivity contribution is -0.268. The highest BCUT2D eigenvalue weighted by Gasteiger charge is 2.45. The molecule has 2 fully saturated rings. The number of hydrogen-bond donors (Lipinski definition) is 7. The van der Waals surface area contributed by atoms with Crippen LogP contribution in [0.15, 0.2) is 0 Å². The van der Waals surface area contributed by atoms with Crippen molar-refractivity contribution < 1.29 is 24.8 Å². The van der Waals surface area contributed by atoms with Crippen LogP contribution in [0.5, 0.6) is 0 Å². The molecule has 0 radical (unpaired) electrons. The third-order valence-electron chi connectivity index (χ3n) is 4.22. The van der Waals surface area contributed by atoms with E-state index in [9.17, 15) is 15.3 Å². The summed E-state index contributed by atoms with van der Waals surface area (Å²) in [4.78, 5) is 0. The van der Waals surface area contributed by atoms with Crippen LogP contribution in [0.4, 0.5) is 0 Å². The Balaban J connectivity index is 2.02. The zero-order valence-corrected chi connectivity index (χ0v) is 11.8. The monoisotopic (exact) mass is 306 g/mol. The van der Waals surface area contributed by atoms with Crippen molar-refractivity contribution in [2.45, 2.75) is 67.8 Å². The Bertz CT molecular complexity index is 350. The molecule has 9 atom stereocenters. The van der Waals surface area contributed by atoms with Gasteiger partial charge in [-0.1, -0.05) is 0 Å². The van der Waals surface area contributed by atoms with Gasteiger partial charge in [-0.25, -0.2) is 0 Å². The molecule has 1 aliphatic carbocycles. The Kier molecular flexibility index (Phi) is 5.52. The van der Waals surface area contributed by atoms with Crippen molar-refractivity contribution >= 4 is 0 Å². The van der Waals surface area contributed by atoms with Crippen LogP contribution in [0, 0.1) is 0 Å². The molecular formula is C12H26N4O5. The van der Waals surface area contributed by atoms with E-state index < -0.39 is 54.9 Å². The van der Waals surface area contributed by atoms with Gasteiger partial charge >= 0.3 is 0 Å². The first kappa shape index (κ1) is 17.0. The van der Waals surface area contributed by atoms with Crippen LogP contribution in [0.25, 0.3) is 0 Å². The normalized spacial score (nSPS) is 51.9. The summed E-state index contributed by atoms with van der Waals surface area (Å²) in [6.45, 7) is 0.126. The summed E-state index contributed by atoms with van der Waals surface area (Å²) in [6.07, 6.45) is -4.79. The van der Waals surface area contributed by atoms with Crippen LogP contribution in [0.1, 0.15) is 12.8 Å². The zero-order valence-electron chi connectivity index (χ0n) is 11.8. The third-order valence-corrected chi connectivity index (χ3v) is 4.22. The average Bonchev–Trinajstić information content (AvgIpc) is 2.43. The SMILES string of the molecule is NC[C@H]1O[C@H](O[C@H]2[C@H](O)[C@@H](O)[C@H](N)C[C@@H]2N)[C@H](N)C[C@@H]1O. The van der Waals surface area contributed by atoms with Gasteiger partial charge in [-0.2, -0.15) is 0 Å². The second kappa shape index (κ2) is 6.82. The van der Waals surface area contributed by atoms with Crippen molar-refractivity contribution in [3.05, 3.63) is 0 Å². The van der Waals surface area contributed by atoms with Crippen LogP contribution < -0.4 is 22.9 Å². The van der Waals surface area contributed by atoms with Gasteiger partial charge in [0.05, 0.1) is 24.4 Å². The summed E-state index contributed by atoms with van der Waals surface area (Å²) >= 11 is 0. The molecule has 0 aromatic rings. The molecule has 2 rings (SSSR count). The Morgan fingerprint density at radius 1 is 0.952 bits per heavy atom. The van der Waals surface area contributed by atoms with E-state index in [0.29, 0.717) is 6.42 Å². The number of aliphatic hydroxyl groups is 3. The fraction of sp³-hybridized carbons (Fsp3) is 1.00. The average molecular weight is 306 g/mol. The molecule has 124 valence electrons. The van der Waals surface area contributed by atoms with Gasteiger partial charge in [0.2, 0.25) is 0 Å². The van der Waals surface area contributed by atoms with Crippen molar-refractivity contribution in [3.8, 4) is 0 Å². The van der Waals surface area contributed by atoms with Crippen LogP contribution in [0.2, 0.25) is 0 Å². The molecule has 0 bridgehead atoms. The van der Waals surface area contributed by atoms with Crippen LogP contribution in [-0.2, 0) is 9.47 Å². The summed E-state index contributed by atoms with van der Waals surface area (Å²) in [7, 11) is 0. The Hall–Kier alpha value is -0.360. The van der Waals surface area contributed by atoms with Crippen LogP contribution in [0.3, 0.4) is 0 Å². The summed E-state index contributed by atoms with van der Waals surface area (Å²) < 4.78 is 11.2. The van der Waals surface area contributed by atoms with Gasteiger partial charge in [0, 0.05) is 18.6 Å². The Morgan fingerprint density at radius 3 is 2.24 bits per heavy atom. The maximum absolute atomic E-state index is 10.1. The van der Waals surface area contributed by atoms with Crippen molar-refractivity contribution in [1.82, 2.24) is 0 Å². The summed E-state index contributed by atoms with van der Waals surface area (Å²) in [5.74, 6) is 0. The lowest BCUT2D eigenvalue weighted by Gasteiger charge is -2.44. The number of hydrogen-bond acceptors (Lipinski definition) is 9. The molecule has 0 spiro atoms. The maximum Gasteiger partial charge on any atom is 0.173 e. The molecule has 1 aliphatic heterocycles. The highest BCUT2D eigenvalue weighted by molar-refractivity contribution is 4.98. The number of nitrogens with two attached hydrogens (primary N) is 4. The molecule has 21 heavy (non-hydrogen) atoms. The number of rotatable bonds is 3. The molecule has 2 aliphatic rings. The molecule has 11 N–H and O–H groups in total. The lowest BCUT2D eigenvalue weighted by Crippen LogP contribution is -2.64. The van der Waals surface area contributed by atoms with Gasteiger partial charge < -0.3 is 47.7 Å². The first-order valence-electron chi connectivity index (χ1n) is 7.17. The van der Waals surface area contributed by atoms with E-state index in [-0.39, 0.29) is 13.0 Å². The van der Waals surface area contributed by atoms with Gasteiger partial charge in [-0.15, -0.1) is 0 Å². The van der Waals surface area contributed by atoms with E-state index in [1.807, 2.05) is 0 Å². The smallest absolute Gasteiger partial charge is 0.173 e. The molecular weight excluding hydrogens is 280 g/mol. The molecule has 1 heterocycles. The predicted octanol–water partition coefficient (Wildman–Crippen LogP) is -4.09. The molecule has 0 unspecified atom stereocenters. The molecule has 0 amide bonds. The Morgan fingerprint density at radius 2 is 1.62 bits per heavy atom. The first-order valence-corrected chi connectivity index (χ1v) is 7.17. The second-order valence-corrected chi connectivity index (χ2v) is 5.89. The van der Waals surface area contributed by atoms with Gasteiger partial charge in [0.25, 0.3) is 0 Å². The van der Waals surface area contributed by atoms with Gasteiger partial charge in [-0.05, 0) is 12.8 Å². The minimum absolute atomic E-state index is 0.126. The lowest BCUT2D eigenvalue weighted by atomic mass is 9.84. The molecule has 0 aromatic heterocycles. The van der Waals surface area contributed by atoms with Crippen molar-refractivity contribution in [2.75, 3.05) is 6.54 Å². The van der Waals surface area contributed by atoms with E-state index in [4.69, 9.17) is 32.4 Å². The molecule has 9 heteroatoms. The fourth-order valence-corrected chi connectivity index (χ4v) is 2.88. The van der Waals surface area contributed by atoms with E-state index in [1.54, 1.807) is 0 Å². The van der Waals surface area contributed by atoms with E-state index in [2.05, 4.69) is 0 Å². The molecule has 1 saturated carbocycles. The van der Waals surface area contributed by atoms with Gasteiger partial charge in [-0.3, -0.25) is 0 Å². The quantitative estimate of drug-likeness (QED) is 0.272. The standard InChI is InChI=1S/C12H26N4O5/c13-3-8-7(17)2-6(16)12(20-8)21-11-5(15)1-4(14)9(18)10(11)19/h4-12,17-19H,1-3,13-16H2/t4-,5+,6-,7+,8-,9+,10-,11-,12-/m1/s1. The van der Waals surface area contributed by atoms with Crippen molar-refractivity contribution in [3.63, 3.8) is 0 Å². The number of ether oxygens (including phenoxy) is 2. The summed E-state index contributed by atoms with van der Waals surface area (Å²) in [5, 5.41) is 29.7. The Labute approximate surface area is 123 Å². The summed E-state index contributed by atoms with van der Waals surface area (Å²) in [5.41, 5.74) is 23.0. The highest BCUT2D eigenvalue weighted by Crippen LogP contribution is 2.26. The first-order chi connectivity index (χ1) is 9.85. The van der Waals surface area contributed by atoms with E-state index >= 15 is 0 Å². The fourth-order valence-electron chi connectivity index (χ4n) is 2.88.